The Bertz CT molecular complexity index is 583. The fraction of sp³-hybridized carbons (Fsp3) is 0.188. The van der Waals surface area contributed by atoms with Crippen LogP contribution in [0, 0.1) is 5.82 Å². The minimum atomic E-state index is -0.303. The molecule has 0 heterocycles. The molecule has 0 atom stereocenters. The number of hydrogen-bond acceptors (Lipinski definition) is 2. The number of rotatable bonds is 5. The van der Waals surface area contributed by atoms with E-state index in [1.54, 1.807) is 42.1 Å². The molecule has 0 aliphatic carbocycles. The minimum Gasteiger partial charge on any atom is -0.348 e. The van der Waals surface area contributed by atoms with Gasteiger partial charge in [-0.3, -0.25) is 4.79 Å². The van der Waals surface area contributed by atoms with E-state index in [0.29, 0.717) is 11.1 Å². The summed E-state index contributed by atoms with van der Waals surface area (Å²) in [6.07, 6.45) is 2.04. The second-order valence-electron chi connectivity index (χ2n) is 4.40. The Kier molecular flexibility index (Phi) is 5.18. The quantitative estimate of drug-likeness (QED) is 0.911. The number of halogens is 1. The van der Waals surface area contributed by atoms with Crippen LogP contribution in [-0.2, 0) is 12.3 Å². The molecule has 0 aliphatic heterocycles. The normalized spacial score (nSPS) is 10.3. The van der Waals surface area contributed by atoms with E-state index in [1.807, 2.05) is 18.4 Å². The monoisotopic (exact) mass is 289 g/mol. The van der Waals surface area contributed by atoms with E-state index in [4.69, 9.17) is 0 Å². The van der Waals surface area contributed by atoms with Gasteiger partial charge in [0.15, 0.2) is 0 Å². The average Bonchev–Trinajstić information content (AvgIpc) is 2.47. The van der Waals surface area contributed by atoms with Crippen LogP contribution in [0.5, 0.6) is 0 Å². The second-order valence-corrected chi connectivity index (χ2v) is 5.27. The van der Waals surface area contributed by atoms with Crippen molar-refractivity contribution < 1.29 is 9.18 Å². The average molecular weight is 289 g/mol. The van der Waals surface area contributed by atoms with Gasteiger partial charge in [-0.1, -0.05) is 30.3 Å². The fourth-order valence-corrected chi connectivity index (χ4v) is 2.36. The van der Waals surface area contributed by atoms with Crippen molar-refractivity contribution in [2.75, 3.05) is 6.26 Å². The molecular formula is C16H16FNOS. The third-order valence-corrected chi connectivity index (χ3v) is 3.55. The van der Waals surface area contributed by atoms with Gasteiger partial charge < -0.3 is 5.32 Å². The maximum absolute atomic E-state index is 13.4. The first-order chi connectivity index (χ1) is 9.70. The summed E-state index contributed by atoms with van der Waals surface area (Å²) in [7, 11) is 0. The lowest BCUT2D eigenvalue weighted by Gasteiger charge is -2.07. The Balaban J connectivity index is 1.96. The Morgan fingerprint density at radius 1 is 1.15 bits per heavy atom. The molecule has 1 amide bonds. The number of benzene rings is 2. The molecule has 4 heteroatoms. The van der Waals surface area contributed by atoms with Crippen LogP contribution < -0.4 is 5.32 Å². The molecule has 1 N–H and O–H groups in total. The lowest BCUT2D eigenvalue weighted by Crippen LogP contribution is -2.23. The summed E-state index contributed by atoms with van der Waals surface area (Å²) >= 11 is 1.74. The summed E-state index contributed by atoms with van der Waals surface area (Å²) in [6.45, 7) is 0.193. The zero-order chi connectivity index (χ0) is 14.4. The van der Waals surface area contributed by atoms with Gasteiger partial charge in [0.1, 0.15) is 5.82 Å². The molecule has 2 aromatic carbocycles. The van der Waals surface area contributed by atoms with Crippen LogP contribution >= 0.6 is 11.8 Å². The van der Waals surface area contributed by atoms with Gasteiger partial charge >= 0.3 is 0 Å². The molecule has 0 aromatic heterocycles. The molecule has 2 nitrogen and oxygen atoms in total. The lowest BCUT2D eigenvalue weighted by molar-refractivity contribution is 0.0950. The van der Waals surface area contributed by atoms with Gasteiger partial charge in [-0.05, 0) is 30.0 Å². The van der Waals surface area contributed by atoms with E-state index in [0.717, 1.165) is 5.75 Å². The molecule has 104 valence electrons. The van der Waals surface area contributed by atoms with E-state index in [2.05, 4.69) is 5.32 Å². The fourth-order valence-electron chi connectivity index (χ4n) is 1.84. The number of thioether (sulfide) groups is 1. The standard InChI is InChI=1S/C16H16FNOS/c1-20-11-12-6-8-13(9-7-12)16(19)18-10-14-4-2-3-5-15(14)17/h2-9H,10-11H2,1H3,(H,18,19). The second kappa shape index (κ2) is 7.10. The van der Waals surface area contributed by atoms with Crippen molar-refractivity contribution in [1.82, 2.24) is 5.32 Å². The first-order valence-electron chi connectivity index (χ1n) is 6.30. The highest BCUT2D eigenvalue weighted by atomic mass is 32.2. The van der Waals surface area contributed by atoms with Crippen LogP contribution in [0.2, 0.25) is 0 Å². The van der Waals surface area contributed by atoms with Crippen LogP contribution in [0.25, 0.3) is 0 Å². The van der Waals surface area contributed by atoms with E-state index in [1.165, 1.54) is 11.6 Å². The molecule has 2 rings (SSSR count). The van der Waals surface area contributed by atoms with Gasteiger partial charge in [0.25, 0.3) is 5.91 Å². The van der Waals surface area contributed by atoms with Crippen molar-refractivity contribution in [3.63, 3.8) is 0 Å². The van der Waals surface area contributed by atoms with E-state index in [-0.39, 0.29) is 18.3 Å². The summed E-state index contributed by atoms with van der Waals surface area (Å²) in [5.74, 6) is 0.434. The third kappa shape index (κ3) is 3.84. The first-order valence-corrected chi connectivity index (χ1v) is 7.69. The summed E-state index contributed by atoms with van der Waals surface area (Å²) < 4.78 is 13.4. The molecule has 0 spiro atoms. The molecule has 0 aliphatic rings. The number of carbonyl (C=O) groups excluding carboxylic acids is 1. The number of amides is 1. The van der Waals surface area contributed by atoms with Gasteiger partial charge in [0.2, 0.25) is 0 Å². The van der Waals surface area contributed by atoms with Crippen molar-refractivity contribution >= 4 is 17.7 Å². The third-order valence-electron chi connectivity index (χ3n) is 2.92. The zero-order valence-electron chi connectivity index (χ0n) is 11.2. The largest absolute Gasteiger partial charge is 0.348 e. The molecule has 0 saturated heterocycles. The maximum Gasteiger partial charge on any atom is 0.251 e. The first kappa shape index (κ1) is 14.6. The SMILES string of the molecule is CSCc1ccc(C(=O)NCc2ccccc2F)cc1. The van der Waals surface area contributed by atoms with Crippen molar-refractivity contribution in [3.8, 4) is 0 Å². The molecular weight excluding hydrogens is 273 g/mol. The summed E-state index contributed by atoms with van der Waals surface area (Å²) in [5.41, 5.74) is 2.26. The van der Waals surface area contributed by atoms with Crippen LogP contribution in [-0.4, -0.2) is 12.2 Å². The van der Waals surface area contributed by atoms with Crippen LogP contribution in [0.4, 0.5) is 4.39 Å². The van der Waals surface area contributed by atoms with Crippen LogP contribution in [0.1, 0.15) is 21.5 Å². The highest BCUT2D eigenvalue weighted by molar-refractivity contribution is 7.97. The van der Waals surface area contributed by atoms with Gasteiger partial charge in [0.05, 0.1) is 0 Å². The highest BCUT2D eigenvalue weighted by Gasteiger charge is 2.07. The smallest absolute Gasteiger partial charge is 0.251 e. The number of carbonyl (C=O) groups is 1. The molecule has 20 heavy (non-hydrogen) atoms. The highest BCUT2D eigenvalue weighted by Crippen LogP contribution is 2.11. The van der Waals surface area contributed by atoms with Crippen LogP contribution in [0.15, 0.2) is 48.5 Å². The Hall–Kier alpha value is -1.81. The molecule has 0 fully saturated rings. The number of hydrogen-bond donors (Lipinski definition) is 1. The van der Waals surface area contributed by atoms with Crippen molar-refractivity contribution in [2.45, 2.75) is 12.3 Å². The number of nitrogens with one attached hydrogen (secondary N) is 1. The van der Waals surface area contributed by atoms with Gasteiger partial charge in [-0.2, -0.15) is 11.8 Å². The van der Waals surface area contributed by atoms with Crippen LogP contribution in [0.3, 0.4) is 0 Å². The summed E-state index contributed by atoms with van der Waals surface area (Å²) in [6, 6.07) is 13.9. The summed E-state index contributed by atoms with van der Waals surface area (Å²) in [5, 5.41) is 2.72. The summed E-state index contributed by atoms with van der Waals surface area (Å²) in [4.78, 5) is 12.0. The molecule has 0 radical (unpaired) electrons. The Morgan fingerprint density at radius 3 is 2.50 bits per heavy atom. The molecule has 0 saturated carbocycles. The van der Waals surface area contributed by atoms with Gasteiger partial charge in [0, 0.05) is 23.4 Å². The predicted octanol–water partition coefficient (Wildman–Crippen LogP) is 3.62. The topological polar surface area (TPSA) is 29.1 Å². The molecule has 2 aromatic rings. The van der Waals surface area contributed by atoms with Crippen molar-refractivity contribution in [1.29, 1.82) is 0 Å². The van der Waals surface area contributed by atoms with E-state index < -0.39 is 0 Å². The van der Waals surface area contributed by atoms with Gasteiger partial charge in [-0.25, -0.2) is 4.39 Å². The van der Waals surface area contributed by atoms with E-state index >= 15 is 0 Å². The van der Waals surface area contributed by atoms with E-state index in [9.17, 15) is 9.18 Å². The predicted molar refractivity (Wildman–Crippen MR) is 81.2 cm³/mol. The van der Waals surface area contributed by atoms with Crippen molar-refractivity contribution in [3.05, 3.63) is 71.0 Å². The zero-order valence-corrected chi connectivity index (χ0v) is 12.0. The van der Waals surface area contributed by atoms with Gasteiger partial charge in [-0.15, -0.1) is 0 Å². The Labute approximate surface area is 122 Å². The maximum atomic E-state index is 13.4. The molecule has 0 unspecified atom stereocenters. The Morgan fingerprint density at radius 2 is 1.85 bits per heavy atom. The molecule has 0 bridgehead atoms. The lowest BCUT2D eigenvalue weighted by atomic mass is 10.1. The minimum absolute atomic E-state index is 0.191. The van der Waals surface area contributed by atoms with Crippen molar-refractivity contribution in [2.24, 2.45) is 0 Å².